The number of halogens is 1. The molecule has 28 heavy (non-hydrogen) atoms. The van der Waals surface area contributed by atoms with E-state index in [0.717, 1.165) is 22.5 Å². The number of allylic oxidation sites excluding steroid dienone is 2. The lowest BCUT2D eigenvalue weighted by Gasteiger charge is -2.11. The lowest BCUT2D eigenvalue weighted by molar-refractivity contribution is 0.0945. The summed E-state index contributed by atoms with van der Waals surface area (Å²) in [5.41, 5.74) is 3.45. The number of benzene rings is 1. The van der Waals surface area contributed by atoms with Gasteiger partial charge in [-0.3, -0.25) is 4.79 Å². The first kappa shape index (κ1) is 19.7. The van der Waals surface area contributed by atoms with Gasteiger partial charge in [0.2, 0.25) is 0 Å². The van der Waals surface area contributed by atoms with Crippen LogP contribution in [0.25, 0.3) is 5.57 Å². The normalized spacial score (nSPS) is 11.4. The molecule has 0 atom stereocenters. The molecule has 0 saturated carbocycles. The molecule has 0 aliphatic carbocycles. The Labute approximate surface area is 168 Å². The first-order valence-corrected chi connectivity index (χ1v) is 9.29. The van der Waals surface area contributed by atoms with Gasteiger partial charge in [0.1, 0.15) is 11.5 Å². The number of hydrogen-bond acceptors (Lipinski definition) is 4. The van der Waals surface area contributed by atoms with Crippen molar-refractivity contribution in [1.82, 2.24) is 10.5 Å². The van der Waals surface area contributed by atoms with E-state index in [1.54, 1.807) is 24.5 Å². The predicted molar refractivity (Wildman–Crippen MR) is 109 cm³/mol. The summed E-state index contributed by atoms with van der Waals surface area (Å²) in [7, 11) is 0. The van der Waals surface area contributed by atoms with Crippen molar-refractivity contribution in [3.8, 4) is 0 Å². The van der Waals surface area contributed by atoms with Crippen LogP contribution in [0.2, 0.25) is 5.02 Å². The highest BCUT2D eigenvalue weighted by Gasteiger charge is 2.14. The first-order valence-electron chi connectivity index (χ1n) is 8.91. The zero-order chi connectivity index (χ0) is 19.9. The van der Waals surface area contributed by atoms with Crippen molar-refractivity contribution in [2.24, 2.45) is 0 Å². The Morgan fingerprint density at radius 1 is 1.29 bits per heavy atom. The maximum absolute atomic E-state index is 12.3. The molecule has 3 rings (SSSR count). The second kappa shape index (κ2) is 9.24. The number of carbonyl (C=O) groups is 1. The molecule has 0 fully saturated rings. The van der Waals surface area contributed by atoms with Crippen LogP contribution in [0.4, 0.5) is 0 Å². The Balaban J connectivity index is 1.59. The Morgan fingerprint density at radius 3 is 2.89 bits per heavy atom. The molecule has 5 nitrogen and oxygen atoms in total. The Hall–Kier alpha value is -3.05. The van der Waals surface area contributed by atoms with Crippen LogP contribution in [-0.4, -0.2) is 17.6 Å². The van der Waals surface area contributed by atoms with Crippen molar-refractivity contribution in [3.05, 3.63) is 94.8 Å². The number of carbonyl (C=O) groups excluding carboxylic acids is 1. The summed E-state index contributed by atoms with van der Waals surface area (Å²) < 4.78 is 10.5. The molecule has 0 aliphatic rings. The average Bonchev–Trinajstić information content (AvgIpc) is 3.35. The molecule has 0 aliphatic heterocycles. The van der Waals surface area contributed by atoms with Crippen LogP contribution in [0.5, 0.6) is 0 Å². The molecule has 0 radical (unpaired) electrons. The molecule has 0 saturated heterocycles. The van der Waals surface area contributed by atoms with E-state index in [9.17, 15) is 4.79 Å². The monoisotopic (exact) mass is 396 g/mol. The van der Waals surface area contributed by atoms with E-state index in [1.165, 1.54) is 0 Å². The van der Waals surface area contributed by atoms with Gasteiger partial charge in [-0.1, -0.05) is 41.6 Å². The molecule has 3 aromatic rings. The minimum atomic E-state index is -0.282. The second-order valence-corrected chi connectivity index (χ2v) is 6.76. The SMILES string of the molecule is C=C/C=C(/CCNC(=O)c1cc(Cc2ccco2)on1)c1cc(Cl)ccc1C. The van der Waals surface area contributed by atoms with Gasteiger partial charge in [-0.15, -0.1) is 0 Å². The summed E-state index contributed by atoms with van der Waals surface area (Å²) >= 11 is 6.13. The topological polar surface area (TPSA) is 68.3 Å². The van der Waals surface area contributed by atoms with Gasteiger partial charge in [-0.05, 0) is 54.3 Å². The Morgan fingerprint density at radius 2 is 2.14 bits per heavy atom. The zero-order valence-electron chi connectivity index (χ0n) is 15.6. The molecule has 2 aromatic heterocycles. The fraction of sp³-hybridized carbons (Fsp3) is 0.182. The molecule has 0 bridgehead atoms. The summed E-state index contributed by atoms with van der Waals surface area (Å²) in [6.07, 6.45) is 6.34. The molecule has 1 N–H and O–H groups in total. The number of hydrogen-bond donors (Lipinski definition) is 1. The van der Waals surface area contributed by atoms with Crippen molar-refractivity contribution in [3.63, 3.8) is 0 Å². The molecule has 144 valence electrons. The van der Waals surface area contributed by atoms with Crippen molar-refractivity contribution < 1.29 is 13.7 Å². The molecule has 0 spiro atoms. The van der Waals surface area contributed by atoms with E-state index in [-0.39, 0.29) is 11.6 Å². The van der Waals surface area contributed by atoms with Crippen LogP contribution in [0, 0.1) is 6.92 Å². The van der Waals surface area contributed by atoms with Crippen LogP contribution in [-0.2, 0) is 6.42 Å². The van der Waals surface area contributed by atoms with Gasteiger partial charge in [0.05, 0.1) is 12.7 Å². The second-order valence-electron chi connectivity index (χ2n) is 6.33. The molecule has 6 heteroatoms. The van der Waals surface area contributed by atoms with E-state index in [4.69, 9.17) is 20.5 Å². The summed E-state index contributed by atoms with van der Waals surface area (Å²) in [5, 5.41) is 7.38. The van der Waals surface area contributed by atoms with Gasteiger partial charge >= 0.3 is 0 Å². The van der Waals surface area contributed by atoms with E-state index in [1.807, 2.05) is 37.3 Å². The van der Waals surface area contributed by atoms with Gasteiger partial charge in [-0.2, -0.15) is 0 Å². The van der Waals surface area contributed by atoms with Gasteiger partial charge in [-0.25, -0.2) is 0 Å². The summed E-state index contributed by atoms with van der Waals surface area (Å²) in [6, 6.07) is 11.0. The van der Waals surface area contributed by atoms with E-state index in [2.05, 4.69) is 17.1 Å². The largest absolute Gasteiger partial charge is 0.469 e. The smallest absolute Gasteiger partial charge is 0.273 e. The standard InChI is InChI=1S/C22H21ClN2O3/c1-3-5-16(20-12-17(23)8-7-15(20)2)9-10-24-22(26)21-14-19(28-25-21)13-18-6-4-11-27-18/h3-8,11-12,14H,1,9-10,13H2,2H3,(H,24,26)/b16-5-. The van der Waals surface area contributed by atoms with E-state index in [0.29, 0.717) is 30.2 Å². The number of aryl methyl sites for hydroxylation is 1. The number of aromatic nitrogens is 1. The highest BCUT2D eigenvalue weighted by Crippen LogP contribution is 2.25. The molecule has 1 aromatic carbocycles. The quantitative estimate of drug-likeness (QED) is 0.530. The van der Waals surface area contributed by atoms with E-state index >= 15 is 0 Å². The minimum Gasteiger partial charge on any atom is -0.469 e. The van der Waals surface area contributed by atoms with Gasteiger partial charge in [0.25, 0.3) is 5.91 Å². The minimum absolute atomic E-state index is 0.245. The van der Waals surface area contributed by atoms with Crippen molar-refractivity contribution in [2.45, 2.75) is 19.8 Å². The summed E-state index contributed by atoms with van der Waals surface area (Å²) in [4.78, 5) is 12.3. The lowest BCUT2D eigenvalue weighted by atomic mass is 9.97. The van der Waals surface area contributed by atoms with Crippen LogP contribution in [0.15, 0.2) is 70.3 Å². The van der Waals surface area contributed by atoms with Crippen LogP contribution in [0.3, 0.4) is 0 Å². The summed E-state index contributed by atoms with van der Waals surface area (Å²) in [6.45, 7) is 6.25. The maximum Gasteiger partial charge on any atom is 0.273 e. The first-order chi connectivity index (χ1) is 13.6. The van der Waals surface area contributed by atoms with Gasteiger partial charge in [0.15, 0.2) is 5.69 Å². The fourth-order valence-electron chi connectivity index (χ4n) is 2.88. The molecule has 0 unspecified atom stereocenters. The Kier molecular flexibility index (Phi) is 6.50. The van der Waals surface area contributed by atoms with Crippen LogP contribution >= 0.6 is 11.6 Å². The van der Waals surface area contributed by atoms with Gasteiger partial charge < -0.3 is 14.3 Å². The average molecular weight is 397 g/mol. The van der Waals surface area contributed by atoms with Crippen molar-refractivity contribution in [2.75, 3.05) is 6.54 Å². The third-order valence-electron chi connectivity index (χ3n) is 4.26. The molecular weight excluding hydrogens is 376 g/mol. The molecule has 1 amide bonds. The molecular formula is C22H21ClN2O3. The third kappa shape index (κ3) is 5.02. The number of nitrogens with one attached hydrogen (secondary N) is 1. The highest BCUT2D eigenvalue weighted by atomic mass is 35.5. The van der Waals surface area contributed by atoms with Crippen molar-refractivity contribution in [1.29, 1.82) is 0 Å². The number of rotatable bonds is 8. The summed E-state index contributed by atoms with van der Waals surface area (Å²) in [5.74, 6) is 1.04. The van der Waals surface area contributed by atoms with E-state index < -0.39 is 0 Å². The zero-order valence-corrected chi connectivity index (χ0v) is 16.3. The van der Waals surface area contributed by atoms with Crippen LogP contribution in [0.1, 0.15) is 39.6 Å². The molecule has 2 heterocycles. The highest BCUT2D eigenvalue weighted by molar-refractivity contribution is 6.30. The van der Waals surface area contributed by atoms with Crippen LogP contribution < -0.4 is 5.32 Å². The van der Waals surface area contributed by atoms with Crippen molar-refractivity contribution >= 4 is 23.1 Å². The lowest BCUT2D eigenvalue weighted by Crippen LogP contribution is -2.24. The number of nitrogens with zero attached hydrogens (tertiary/aromatic N) is 1. The number of amides is 1. The third-order valence-corrected chi connectivity index (χ3v) is 4.50. The maximum atomic E-state index is 12.3. The predicted octanol–water partition coefficient (Wildman–Crippen LogP) is 5.21. The fourth-order valence-corrected chi connectivity index (χ4v) is 3.05. The van der Waals surface area contributed by atoms with Gasteiger partial charge in [0, 0.05) is 17.6 Å². The number of furan rings is 1. The Bertz CT molecular complexity index is 987.